The third-order valence-corrected chi connectivity index (χ3v) is 2.74. The van der Waals surface area contributed by atoms with Crippen molar-refractivity contribution in [2.24, 2.45) is 11.1 Å². The smallest absolute Gasteiger partial charge is 0.229 e. The summed E-state index contributed by atoms with van der Waals surface area (Å²) in [5.74, 6) is -0.328. The topological polar surface area (TPSA) is 46.3 Å². The Morgan fingerprint density at radius 1 is 1.44 bits per heavy atom. The van der Waals surface area contributed by atoms with Crippen LogP contribution in [0.1, 0.15) is 19.4 Å². The van der Waals surface area contributed by atoms with Gasteiger partial charge in [-0.3, -0.25) is 4.79 Å². The van der Waals surface area contributed by atoms with Crippen LogP contribution in [-0.4, -0.2) is 24.4 Å². The van der Waals surface area contributed by atoms with E-state index in [2.05, 4.69) is 0 Å². The Hall–Kier alpha value is -1.13. The quantitative estimate of drug-likeness (QED) is 0.915. The lowest BCUT2D eigenvalue weighted by molar-refractivity contribution is -0.139. The maximum Gasteiger partial charge on any atom is 0.229 e. The molecular formula is C13H20ClFN2O. The molecule has 102 valence electrons. The van der Waals surface area contributed by atoms with E-state index < -0.39 is 5.41 Å². The monoisotopic (exact) mass is 274 g/mol. The van der Waals surface area contributed by atoms with Gasteiger partial charge in [0.15, 0.2) is 0 Å². The number of halogens is 2. The summed E-state index contributed by atoms with van der Waals surface area (Å²) in [6.07, 6.45) is 0. The maximum atomic E-state index is 13.0. The minimum absolute atomic E-state index is 0. The van der Waals surface area contributed by atoms with Crippen LogP contribution in [0.2, 0.25) is 0 Å². The summed E-state index contributed by atoms with van der Waals surface area (Å²) in [5.41, 5.74) is 5.75. The van der Waals surface area contributed by atoms with Crippen molar-refractivity contribution in [3.8, 4) is 0 Å². The molecule has 0 bridgehead atoms. The Kier molecular flexibility index (Phi) is 6.29. The van der Waals surface area contributed by atoms with Crippen LogP contribution < -0.4 is 5.73 Å². The van der Waals surface area contributed by atoms with Gasteiger partial charge in [-0.25, -0.2) is 4.39 Å². The van der Waals surface area contributed by atoms with Crippen molar-refractivity contribution < 1.29 is 9.18 Å². The summed E-state index contributed by atoms with van der Waals surface area (Å²) in [6.45, 7) is 4.29. The Morgan fingerprint density at radius 3 is 2.56 bits per heavy atom. The highest BCUT2D eigenvalue weighted by molar-refractivity contribution is 5.85. The van der Waals surface area contributed by atoms with Gasteiger partial charge in [0, 0.05) is 20.1 Å². The Bertz CT molecular complexity index is 410. The minimum atomic E-state index is -0.581. The molecule has 0 fully saturated rings. The van der Waals surface area contributed by atoms with Crippen LogP contribution in [0.3, 0.4) is 0 Å². The van der Waals surface area contributed by atoms with Gasteiger partial charge in [-0.2, -0.15) is 0 Å². The summed E-state index contributed by atoms with van der Waals surface area (Å²) in [5, 5.41) is 0. The van der Waals surface area contributed by atoms with Crippen molar-refractivity contribution in [1.82, 2.24) is 4.90 Å². The van der Waals surface area contributed by atoms with Crippen molar-refractivity contribution >= 4 is 18.3 Å². The van der Waals surface area contributed by atoms with Crippen LogP contribution >= 0.6 is 12.4 Å². The van der Waals surface area contributed by atoms with Crippen LogP contribution in [-0.2, 0) is 11.3 Å². The molecule has 0 spiro atoms. The van der Waals surface area contributed by atoms with Crippen molar-refractivity contribution in [3.05, 3.63) is 35.6 Å². The van der Waals surface area contributed by atoms with Gasteiger partial charge in [-0.05, 0) is 31.5 Å². The average Bonchev–Trinajstić information content (AvgIpc) is 2.28. The second-order valence-electron chi connectivity index (χ2n) is 4.88. The van der Waals surface area contributed by atoms with E-state index >= 15 is 0 Å². The number of benzene rings is 1. The standard InChI is InChI=1S/C13H19FN2O.ClH/c1-13(2,9-15)12(17)16(3)8-10-5-4-6-11(14)7-10;/h4-7H,8-9,15H2,1-3H3;1H. The Morgan fingerprint density at radius 2 is 2.06 bits per heavy atom. The van der Waals surface area contributed by atoms with Gasteiger partial charge in [0.05, 0.1) is 5.41 Å². The first kappa shape index (κ1) is 16.9. The van der Waals surface area contributed by atoms with Crippen LogP contribution in [0, 0.1) is 11.2 Å². The number of hydrogen-bond acceptors (Lipinski definition) is 2. The first-order valence-corrected chi connectivity index (χ1v) is 5.57. The molecule has 5 heteroatoms. The summed E-state index contributed by atoms with van der Waals surface area (Å²) < 4.78 is 13.0. The zero-order valence-corrected chi connectivity index (χ0v) is 11.8. The molecule has 0 saturated carbocycles. The largest absolute Gasteiger partial charge is 0.341 e. The molecule has 0 unspecified atom stereocenters. The molecule has 0 aliphatic carbocycles. The first-order chi connectivity index (χ1) is 7.86. The molecule has 0 aliphatic heterocycles. The predicted molar refractivity (Wildman–Crippen MR) is 73.0 cm³/mol. The molecule has 0 heterocycles. The van der Waals surface area contributed by atoms with E-state index in [1.807, 2.05) is 0 Å². The van der Waals surface area contributed by atoms with Gasteiger partial charge in [-0.1, -0.05) is 12.1 Å². The summed E-state index contributed by atoms with van der Waals surface area (Å²) in [4.78, 5) is 13.6. The molecule has 0 saturated heterocycles. The molecule has 18 heavy (non-hydrogen) atoms. The normalized spacial score (nSPS) is 10.7. The number of carbonyl (C=O) groups is 1. The van der Waals surface area contributed by atoms with E-state index in [-0.39, 0.29) is 24.1 Å². The number of rotatable bonds is 4. The molecule has 1 aromatic carbocycles. The van der Waals surface area contributed by atoms with E-state index in [4.69, 9.17) is 5.73 Å². The Balaban J connectivity index is 0.00000289. The van der Waals surface area contributed by atoms with E-state index in [1.165, 1.54) is 12.1 Å². The van der Waals surface area contributed by atoms with Gasteiger partial charge < -0.3 is 10.6 Å². The molecule has 0 radical (unpaired) electrons. The van der Waals surface area contributed by atoms with Gasteiger partial charge in [0.25, 0.3) is 0 Å². The number of nitrogens with two attached hydrogens (primary N) is 1. The number of nitrogens with zero attached hydrogens (tertiary/aromatic N) is 1. The molecular weight excluding hydrogens is 255 g/mol. The van der Waals surface area contributed by atoms with Crippen molar-refractivity contribution in [1.29, 1.82) is 0 Å². The first-order valence-electron chi connectivity index (χ1n) is 5.57. The highest BCUT2D eigenvalue weighted by Gasteiger charge is 2.28. The molecule has 0 aliphatic rings. The van der Waals surface area contributed by atoms with Crippen molar-refractivity contribution in [3.63, 3.8) is 0 Å². The highest BCUT2D eigenvalue weighted by atomic mass is 35.5. The molecule has 2 N–H and O–H groups in total. The fraction of sp³-hybridized carbons (Fsp3) is 0.462. The third-order valence-electron chi connectivity index (χ3n) is 2.74. The number of carbonyl (C=O) groups excluding carboxylic acids is 1. The zero-order chi connectivity index (χ0) is 13.1. The fourth-order valence-electron chi connectivity index (χ4n) is 1.58. The molecule has 0 aromatic heterocycles. The summed E-state index contributed by atoms with van der Waals surface area (Å²) in [6, 6.07) is 6.24. The van der Waals surface area contributed by atoms with Gasteiger partial charge in [-0.15, -0.1) is 12.4 Å². The van der Waals surface area contributed by atoms with E-state index in [0.29, 0.717) is 13.1 Å². The molecule has 1 rings (SSSR count). The van der Waals surface area contributed by atoms with Gasteiger partial charge >= 0.3 is 0 Å². The van der Waals surface area contributed by atoms with Crippen LogP contribution in [0.4, 0.5) is 4.39 Å². The van der Waals surface area contributed by atoms with Crippen LogP contribution in [0.15, 0.2) is 24.3 Å². The lowest BCUT2D eigenvalue weighted by Gasteiger charge is -2.28. The second kappa shape index (κ2) is 6.71. The molecule has 1 aromatic rings. The number of amides is 1. The molecule has 1 amide bonds. The van der Waals surface area contributed by atoms with E-state index in [0.717, 1.165) is 5.56 Å². The fourth-order valence-corrected chi connectivity index (χ4v) is 1.58. The molecule has 0 atom stereocenters. The number of hydrogen-bond donors (Lipinski definition) is 1. The summed E-state index contributed by atoms with van der Waals surface area (Å²) >= 11 is 0. The van der Waals surface area contributed by atoms with E-state index in [9.17, 15) is 9.18 Å². The minimum Gasteiger partial charge on any atom is -0.341 e. The predicted octanol–water partition coefficient (Wildman–Crippen LogP) is 2.19. The van der Waals surface area contributed by atoms with Crippen LogP contribution in [0.25, 0.3) is 0 Å². The third kappa shape index (κ3) is 4.27. The van der Waals surface area contributed by atoms with Crippen molar-refractivity contribution in [2.75, 3.05) is 13.6 Å². The molecule has 3 nitrogen and oxygen atoms in total. The van der Waals surface area contributed by atoms with Crippen molar-refractivity contribution in [2.45, 2.75) is 20.4 Å². The lowest BCUT2D eigenvalue weighted by atomic mass is 9.92. The highest BCUT2D eigenvalue weighted by Crippen LogP contribution is 2.17. The van der Waals surface area contributed by atoms with Gasteiger partial charge in [0.1, 0.15) is 5.82 Å². The maximum absolute atomic E-state index is 13.0. The second-order valence-corrected chi connectivity index (χ2v) is 4.88. The lowest BCUT2D eigenvalue weighted by Crippen LogP contribution is -2.42. The van der Waals surface area contributed by atoms with Crippen LogP contribution in [0.5, 0.6) is 0 Å². The zero-order valence-electron chi connectivity index (χ0n) is 10.9. The average molecular weight is 275 g/mol. The van der Waals surface area contributed by atoms with Gasteiger partial charge in [0.2, 0.25) is 5.91 Å². The summed E-state index contributed by atoms with van der Waals surface area (Å²) in [7, 11) is 1.70. The Labute approximate surface area is 114 Å². The van der Waals surface area contributed by atoms with E-state index in [1.54, 1.807) is 37.9 Å². The SMILES string of the molecule is CN(Cc1cccc(F)c1)C(=O)C(C)(C)CN.Cl.